The number of ether oxygens (including phenoxy) is 2. The number of fused-ring (bicyclic) bond motifs is 1. The highest BCUT2D eigenvalue weighted by Crippen LogP contribution is 2.49. The molecule has 1 unspecified atom stereocenters. The number of nitriles is 1. The van der Waals surface area contributed by atoms with Gasteiger partial charge in [0.1, 0.15) is 6.10 Å². The first-order valence-corrected chi connectivity index (χ1v) is 7.13. The summed E-state index contributed by atoms with van der Waals surface area (Å²) in [5.41, 5.74) is -0.443. The van der Waals surface area contributed by atoms with Crippen LogP contribution in [0.5, 0.6) is 0 Å². The molecule has 19 heavy (non-hydrogen) atoms. The van der Waals surface area contributed by atoms with Crippen molar-refractivity contribution in [3.63, 3.8) is 0 Å². The van der Waals surface area contributed by atoms with E-state index in [1.165, 1.54) is 0 Å². The molecule has 0 aromatic carbocycles. The molecule has 1 saturated carbocycles. The molecule has 0 aromatic heterocycles. The molecule has 1 spiro atoms. The molecule has 0 radical (unpaired) electrons. The van der Waals surface area contributed by atoms with Crippen molar-refractivity contribution in [2.75, 3.05) is 0 Å². The lowest BCUT2D eigenvalue weighted by atomic mass is 9.76. The fraction of sp³-hybridized carbons (Fsp3) is 0.929. The second-order valence-corrected chi connectivity index (χ2v) is 6.28. The average molecular weight is 267 g/mol. The van der Waals surface area contributed by atoms with E-state index in [2.05, 4.69) is 6.07 Å². The highest BCUT2D eigenvalue weighted by molar-refractivity contribution is 5.09. The molecule has 3 fully saturated rings. The van der Waals surface area contributed by atoms with E-state index in [9.17, 15) is 10.2 Å². The molecule has 2 bridgehead atoms. The van der Waals surface area contributed by atoms with Crippen molar-refractivity contribution in [2.24, 2.45) is 5.92 Å². The summed E-state index contributed by atoms with van der Waals surface area (Å²) in [6.07, 6.45) is 1.78. The van der Waals surface area contributed by atoms with Crippen molar-refractivity contribution in [2.45, 2.75) is 75.1 Å². The molecule has 5 nitrogen and oxygen atoms in total. The van der Waals surface area contributed by atoms with Gasteiger partial charge in [-0.25, -0.2) is 0 Å². The second kappa shape index (κ2) is 4.71. The Labute approximate surface area is 113 Å². The maximum absolute atomic E-state index is 9.94. The average Bonchev–Trinajstić information content (AvgIpc) is 2.70. The lowest BCUT2D eigenvalue weighted by Gasteiger charge is -2.44. The normalized spacial score (nSPS) is 50.3. The van der Waals surface area contributed by atoms with Gasteiger partial charge in [0, 0.05) is 18.8 Å². The summed E-state index contributed by atoms with van der Waals surface area (Å²) >= 11 is 0. The van der Waals surface area contributed by atoms with Gasteiger partial charge in [-0.05, 0) is 26.2 Å². The monoisotopic (exact) mass is 267 g/mol. The van der Waals surface area contributed by atoms with Gasteiger partial charge in [0.05, 0.1) is 36.1 Å². The second-order valence-electron chi connectivity index (χ2n) is 6.28. The van der Waals surface area contributed by atoms with Crippen LogP contribution in [-0.2, 0) is 9.47 Å². The van der Waals surface area contributed by atoms with E-state index in [1.807, 2.05) is 6.92 Å². The SMILES string of the molecule is C[C@@H](C#N)C[C@H]1CC[C@@H]2O[C@@H]3CC2(C[C@@H](O)[C@H]3O)O1. The maximum atomic E-state index is 9.94. The van der Waals surface area contributed by atoms with E-state index < -0.39 is 17.8 Å². The largest absolute Gasteiger partial charge is 0.390 e. The minimum absolute atomic E-state index is 0.0158. The van der Waals surface area contributed by atoms with Gasteiger partial charge in [-0.15, -0.1) is 0 Å². The topological polar surface area (TPSA) is 82.7 Å². The Morgan fingerprint density at radius 1 is 1.37 bits per heavy atom. The Morgan fingerprint density at radius 2 is 2.16 bits per heavy atom. The molecule has 2 aliphatic heterocycles. The molecule has 3 rings (SSSR count). The van der Waals surface area contributed by atoms with E-state index >= 15 is 0 Å². The Balaban J connectivity index is 1.73. The zero-order chi connectivity index (χ0) is 13.6. The molecular weight excluding hydrogens is 246 g/mol. The van der Waals surface area contributed by atoms with E-state index in [1.54, 1.807) is 0 Å². The maximum Gasteiger partial charge on any atom is 0.106 e. The van der Waals surface area contributed by atoms with Gasteiger partial charge >= 0.3 is 0 Å². The number of nitrogens with zero attached hydrogens (tertiary/aromatic N) is 1. The van der Waals surface area contributed by atoms with Crippen molar-refractivity contribution in [3.8, 4) is 6.07 Å². The molecule has 2 heterocycles. The quantitative estimate of drug-likeness (QED) is 0.771. The van der Waals surface area contributed by atoms with Crippen LogP contribution in [0.3, 0.4) is 0 Å². The van der Waals surface area contributed by atoms with Gasteiger partial charge in [-0.3, -0.25) is 0 Å². The lowest BCUT2D eigenvalue weighted by molar-refractivity contribution is -0.179. The van der Waals surface area contributed by atoms with Crippen LogP contribution in [-0.4, -0.2) is 46.3 Å². The lowest BCUT2D eigenvalue weighted by Crippen LogP contribution is -2.54. The summed E-state index contributed by atoms with van der Waals surface area (Å²) in [6, 6.07) is 2.24. The predicted octanol–water partition coefficient (Wildman–Crippen LogP) is 0.737. The van der Waals surface area contributed by atoms with Gasteiger partial charge in [0.2, 0.25) is 0 Å². The van der Waals surface area contributed by atoms with E-state index in [-0.39, 0.29) is 24.2 Å². The number of hydrogen-bond acceptors (Lipinski definition) is 5. The van der Waals surface area contributed by atoms with E-state index in [0.29, 0.717) is 12.8 Å². The molecular formula is C14H21NO4. The molecule has 2 N–H and O–H groups in total. The fourth-order valence-corrected chi connectivity index (χ4v) is 3.84. The van der Waals surface area contributed by atoms with Crippen molar-refractivity contribution in [3.05, 3.63) is 0 Å². The first-order chi connectivity index (χ1) is 9.04. The summed E-state index contributed by atoms with van der Waals surface area (Å²) < 4.78 is 12.1. The molecule has 0 aromatic rings. The first-order valence-electron chi connectivity index (χ1n) is 7.13. The van der Waals surface area contributed by atoms with Crippen LogP contribution in [0.25, 0.3) is 0 Å². The van der Waals surface area contributed by atoms with Crippen molar-refractivity contribution >= 4 is 0 Å². The highest BCUT2D eigenvalue weighted by Gasteiger charge is 2.59. The number of aliphatic hydroxyl groups excluding tert-OH is 2. The standard InChI is InChI=1S/C14H21NO4/c1-8(7-15)4-9-2-3-12-14(19-9)5-10(16)13(17)11(6-14)18-12/h8-13,16-17H,2-6H2,1H3/t8-,9-,10-,11-,12+,13-,14?/m1/s1. The van der Waals surface area contributed by atoms with Crippen LogP contribution in [0, 0.1) is 17.2 Å². The molecule has 106 valence electrons. The van der Waals surface area contributed by atoms with Gasteiger partial charge < -0.3 is 19.7 Å². The summed E-state index contributed by atoms with van der Waals surface area (Å²) in [5.74, 6) is -0.0184. The summed E-state index contributed by atoms with van der Waals surface area (Å²) in [4.78, 5) is 0. The molecule has 1 aliphatic carbocycles. The Morgan fingerprint density at radius 3 is 2.89 bits per heavy atom. The van der Waals surface area contributed by atoms with Crippen LogP contribution >= 0.6 is 0 Å². The van der Waals surface area contributed by atoms with Crippen LogP contribution in [0.4, 0.5) is 0 Å². The third-order valence-corrected chi connectivity index (χ3v) is 4.79. The van der Waals surface area contributed by atoms with Crippen molar-refractivity contribution in [1.29, 1.82) is 5.26 Å². The number of rotatable bonds is 2. The highest BCUT2D eigenvalue weighted by atomic mass is 16.6. The zero-order valence-corrected chi connectivity index (χ0v) is 11.2. The van der Waals surface area contributed by atoms with Gasteiger partial charge in [0.15, 0.2) is 0 Å². The van der Waals surface area contributed by atoms with E-state index in [4.69, 9.17) is 14.7 Å². The summed E-state index contributed by atoms with van der Waals surface area (Å²) in [6.45, 7) is 1.90. The fourth-order valence-electron chi connectivity index (χ4n) is 3.84. The van der Waals surface area contributed by atoms with Crippen LogP contribution in [0.2, 0.25) is 0 Å². The van der Waals surface area contributed by atoms with Crippen LogP contribution in [0.1, 0.15) is 39.0 Å². The molecule has 7 atom stereocenters. The van der Waals surface area contributed by atoms with Gasteiger partial charge in [0.25, 0.3) is 0 Å². The Kier molecular flexibility index (Phi) is 3.30. The van der Waals surface area contributed by atoms with Crippen molar-refractivity contribution in [1.82, 2.24) is 0 Å². The Bertz CT molecular complexity index is 395. The zero-order valence-electron chi connectivity index (χ0n) is 11.2. The molecule has 3 aliphatic rings. The van der Waals surface area contributed by atoms with Crippen LogP contribution < -0.4 is 0 Å². The van der Waals surface area contributed by atoms with Gasteiger partial charge in [-0.1, -0.05) is 0 Å². The predicted molar refractivity (Wildman–Crippen MR) is 66.1 cm³/mol. The number of hydrogen-bond donors (Lipinski definition) is 2. The number of aliphatic hydroxyl groups is 2. The molecule has 2 saturated heterocycles. The minimum atomic E-state index is -0.795. The third kappa shape index (κ3) is 2.17. The van der Waals surface area contributed by atoms with E-state index in [0.717, 1.165) is 19.3 Å². The smallest absolute Gasteiger partial charge is 0.106 e. The summed E-state index contributed by atoms with van der Waals surface area (Å²) in [7, 11) is 0. The van der Waals surface area contributed by atoms with Gasteiger partial charge in [-0.2, -0.15) is 5.26 Å². The van der Waals surface area contributed by atoms with Crippen LogP contribution in [0.15, 0.2) is 0 Å². The van der Waals surface area contributed by atoms with Crippen molar-refractivity contribution < 1.29 is 19.7 Å². The first kappa shape index (κ1) is 13.3. The summed E-state index contributed by atoms with van der Waals surface area (Å²) in [5, 5.41) is 28.7. The Hall–Kier alpha value is -0.670. The molecule has 0 amide bonds. The minimum Gasteiger partial charge on any atom is -0.390 e. The molecule has 5 heteroatoms. The third-order valence-electron chi connectivity index (χ3n) is 4.79.